The number of aryl methyl sites for hydroxylation is 1. The summed E-state index contributed by atoms with van der Waals surface area (Å²) in [6.07, 6.45) is -5.98. The van der Waals surface area contributed by atoms with Gasteiger partial charge in [-0.25, -0.2) is 27.5 Å². The normalized spacial score (nSPS) is 13.3. The first-order chi connectivity index (χ1) is 23.7. The molecule has 0 spiro atoms. The highest BCUT2D eigenvalue weighted by molar-refractivity contribution is 7.90. The molecular formula is C31H28F3N7O8S. The second kappa shape index (κ2) is 14.2. The van der Waals surface area contributed by atoms with E-state index in [2.05, 4.69) is 10.4 Å². The lowest BCUT2D eigenvalue weighted by atomic mass is 10.1. The van der Waals surface area contributed by atoms with Crippen molar-refractivity contribution in [3.05, 3.63) is 106 Å². The monoisotopic (exact) mass is 715 g/mol. The van der Waals surface area contributed by atoms with Crippen LogP contribution in [-0.4, -0.2) is 77.9 Å². The summed E-state index contributed by atoms with van der Waals surface area (Å²) in [4.78, 5) is 42.2. The molecule has 0 saturated heterocycles. The van der Waals surface area contributed by atoms with Crippen molar-refractivity contribution in [3.8, 4) is 16.9 Å². The Labute approximate surface area is 282 Å². The molecule has 1 aromatic heterocycles. The number of fused-ring (bicyclic) bond motifs is 1. The largest absolute Gasteiger partial charge is 0.569 e. The molecule has 2 heterocycles. The first-order valence-electron chi connectivity index (χ1n) is 14.7. The minimum absolute atomic E-state index is 0.0288. The van der Waals surface area contributed by atoms with E-state index in [1.807, 2.05) is 6.92 Å². The molecule has 1 N–H and O–H groups in total. The van der Waals surface area contributed by atoms with Crippen LogP contribution in [0.1, 0.15) is 38.4 Å². The maximum atomic E-state index is 13.5. The lowest BCUT2D eigenvalue weighted by Gasteiger charge is -2.14. The Kier molecular flexibility index (Phi) is 10.1. The summed E-state index contributed by atoms with van der Waals surface area (Å²) in [5.74, 6) is -1.18. The number of benzene rings is 3. The average molecular weight is 716 g/mol. The molecule has 0 atom stereocenters. The fourth-order valence-corrected chi connectivity index (χ4v) is 5.60. The molecule has 0 radical (unpaired) electrons. The second-order valence-electron chi connectivity index (χ2n) is 10.8. The molecule has 1 aliphatic heterocycles. The first-order valence-corrected chi connectivity index (χ1v) is 16.1. The smallest absolute Gasteiger partial charge is 0.435 e. The summed E-state index contributed by atoms with van der Waals surface area (Å²) in [7, 11) is -3.11. The SMILES string of the molecule is Cc1ccc(-c2cc(C(F)(F)F)nn2-c2ccc(S(=O)(=O)NC(=O)OCCCN(C)/[N+]([O-])=N\OCN3C(=O)c4ccccc4C3=O)cc2)cc1. The molecule has 0 aliphatic carbocycles. The third kappa shape index (κ3) is 7.83. The van der Waals surface area contributed by atoms with Crippen LogP contribution in [0.3, 0.4) is 0 Å². The molecule has 0 bridgehead atoms. The Balaban J connectivity index is 1.11. The van der Waals surface area contributed by atoms with Crippen LogP contribution in [0.15, 0.2) is 89.0 Å². The topological polar surface area (TPSA) is 179 Å². The van der Waals surface area contributed by atoms with E-state index in [-0.39, 0.29) is 51.9 Å². The van der Waals surface area contributed by atoms with Gasteiger partial charge < -0.3 is 14.8 Å². The van der Waals surface area contributed by atoms with E-state index in [0.29, 0.717) is 5.56 Å². The maximum Gasteiger partial charge on any atom is 0.435 e. The molecule has 5 rings (SSSR count). The van der Waals surface area contributed by atoms with Gasteiger partial charge in [0.15, 0.2) is 5.69 Å². The van der Waals surface area contributed by atoms with Crippen molar-refractivity contribution in [3.63, 3.8) is 0 Å². The van der Waals surface area contributed by atoms with E-state index in [4.69, 9.17) is 9.57 Å². The molecule has 3 aromatic carbocycles. The molecule has 0 fully saturated rings. The highest BCUT2D eigenvalue weighted by atomic mass is 32.2. The van der Waals surface area contributed by atoms with Crippen LogP contribution < -0.4 is 4.72 Å². The van der Waals surface area contributed by atoms with E-state index < -0.39 is 46.5 Å². The van der Waals surface area contributed by atoms with Crippen molar-refractivity contribution in [2.24, 2.45) is 5.28 Å². The minimum Gasteiger partial charge on any atom is -0.569 e. The summed E-state index contributed by atoms with van der Waals surface area (Å²) < 4.78 is 73.7. The third-order valence-corrected chi connectivity index (χ3v) is 8.63. The molecule has 3 amide bonds. The summed E-state index contributed by atoms with van der Waals surface area (Å²) in [5, 5.41) is 20.1. The van der Waals surface area contributed by atoms with E-state index in [1.165, 1.54) is 31.3 Å². The molecule has 0 unspecified atom stereocenters. The molecule has 15 nitrogen and oxygen atoms in total. The van der Waals surface area contributed by atoms with Crippen LogP contribution in [0.25, 0.3) is 16.9 Å². The second-order valence-corrected chi connectivity index (χ2v) is 12.5. The number of halogens is 3. The van der Waals surface area contributed by atoms with E-state index >= 15 is 0 Å². The van der Waals surface area contributed by atoms with Crippen molar-refractivity contribution in [2.45, 2.75) is 24.4 Å². The van der Waals surface area contributed by atoms with Gasteiger partial charge in [-0.2, -0.15) is 18.3 Å². The molecule has 262 valence electrons. The fraction of sp³-hybridized carbons (Fsp3) is 0.226. The summed E-state index contributed by atoms with van der Waals surface area (Å²) in [6.45, 7) is 0.889. The number of amides is 3. The standard InChI is InChI=1S/C31H28F3N7O8S/c1-20-8-10-21(11-9-20)26-18-27(31(32,33)34)35-40(26)22-12-14-23(15-13-22)50(46,47)36-30(44)48-17-5-16-38(2)41(45)37-49-19-39-28(42)24-6-3-4-7-25(24)29(39)43/h3-4,6-15,18H,5,16-17,19H2,1-2H3,(H,36,44)/b41-37+. The van der Waals surface area contributed by atoms with Crippen LogP contribution >= 0.6 is 0 Å². The predicted molar refractivity (Wildman–Crippen MR) is 167 cm³/mol. The lowest BCUT2D eigenvalue weighted by molar-refractivity contribution is -0.705. The Morgan fingerprint density at radius 2 is 1.64 bits per heavy atom. The van der Waals surface area contributed by atoms with Gasteiger partial charge in [0.1, 0.15) is 0 Å². The third-order valence-electron chi connectivity index (χ3n) is 7.30. The number of aromatic nitrogens is 2. The lowest BCUT2D eigenvalue weighted by Crippen LogP contribution is -2.33. The van der Waals surface area contributed by atoms with Gasteiger partial charge >= 0.3 is 12.3 Å². The first kappa shape index (κ1) is 35.3. The zero-order chi connectivity index (χ0) is 36.2. The molecular weight excluding hydrogens is 687 g/mol. The number of carbonyl (C=O) groups is 3. The minimum atomic E-state index is -4.72. The number of imide groups is 1. The Morgan fingerprint density at radius 1 is 1.02 bits per heavy atom. The number of alkyl halides is 3. The average Bonchev–Trinajstić information content (AvgIpc) is 3.63. The number of hydrazine groups is 1. The van der Waals surface area contributed by atoms with Crippen molar-refractivity contribution in [1.82, 2.24) is 24.4 Å². The Hall–Kier alpha value is -5.98. The van der Waals surface area contributed by atoms with E-state index in [9.17, 15) is 41.2 Å². The van der Waals surface area contributed by atoms with Crippen LogP contribution in [0.5, 0.6) is 0 Å². The summed E-state index contributed by atoms with van der Waals surface area (Å²) >= 11 is 0. The highest BCUT2D eigenvalue weighted by Crippen LogP contribution is 2.33. The van der Waals surface area contributed by atoms with Gasteiger partial charge in [-0.3, -0.25) is 9.59 Å². The number of nitrogens with one attached hydrogen (secondary N) is 1. The van der Waals surface area contributed by atoms with Crippen LogP contribution in [0.4, 0.5) is 18.0 Å². The molecule has 4 aromatic rings. The number of sulfonamides is 1. The molecule has 1 aliphatic rings. The van der Waals surface area contributed by atoms with Gasteiger partial charge in [0.25, 0.3) is 21.8 Å². The quantitative estimate of drug-likeness (QED) is 0.0713. The Bertz CT molecular complexity index is 2020. The molecule has 50 heavy (non-hydrogen) atoms. The number of rotatable bonds is 12. The molecule has 19 heteroatoms. The number of ether oxygens (including phenoxy) is 1. The maximum absolute atomic E-state index is 13.5. The van der Waals surface area contributed by atoms with Crippen LogP contribution in [-0.2, 0) is 25.8 Å². The fourth-order valence-electron chi connectivity index (χ4n) is 4.71. The predicted octanol–water partition coefficient (Wildman–Crippen LogP) is 4.67. The zero-order valence-corrected chi connectivity index (χ0v) is 27.1. The van der Waals surface area contributed by atoms with Crippen molar-refractivity contribution in [1.29, 1.82) is 0 Å². The summed E-state index contributed by atoms with van der Waals surface area (Å²) in [6, 6.07) is 18.5. The van der Waals surface area contributed by atoms with Crippen molar-refractivity contribution < 1.29 is 50.5 Å². The van der Waals surface area contributed by atoms with Gasteiger partial charge in [0.05, 0.1) is 52.6 Å². The number of hydrogen-bond donors (Lipinski definition) is 1. The van der Waals surface area contributed by atoms with Gasteiger partial charge in [-0.15, -0.1) is 5.01 Å². The Morgan fingerprint density at radius 3 is 2.24 bits per heavy atom. The van der Waals surface area contributed by atoms with Gasteiger partial charge in [-0.05, 0) is 49.4 Å². The highest BCUT2D eigenvalue weighted by Gasteiger charge is 2.36. The van der Waals surface area contributed by atoms with Crippen LogP contribution in [0, 0.1) is 12.1 Å². The number of hydrogen-bond acceptors (Lipinski definition) is 10. The number of nitrogens with zero attached hydrogens (tertiary/aromatic N) is 6. The van der Waals surface area contributed by atoms with Crippen LogP contribution in [0.2, 0.25) is 0 Å². The van der Waals surface area contributed by atoms with E-state index in [0.717, 1.165) is 38.4 Å². The van der Waals surface area contributed by atoms with Crippen molar-refractivity contribution in [2.75, 3.05) is 26.9 Å². The summed E-state index contributed by atoms with van der Waals surface area (Å²) in [5.41, 5.74) is 0.891. The van der Waals surface area contributed by atoms with E-state index in [1.54, 1.807) is 41.1 Å². The van der Waals surface area contributed by atoms with Gasteiger partial charge in [0.2, 0.25) is 12.0 Å². The van der Waals surface area contributed by atoms with Gasteiger partial charge in [0, 0.05) is 12.0 Å². The zero-order valence-electron chi connectivity index (χ0n) is 26.3. The molecule has 0 saturated carbocycles. The van der Waals surface area contributed by atoms with Crippen molar-refractivity contribution >= 4 is 27.9 Å². The van der Waals surface area contributed by atoms with Gasteiger partial charge in [-0.1, -0.05) is 42.0 Å². The number of carbonyl (C=O) groups excluding carboxylic acids is 3.